The number of nitrogens with one attached hydrogen (secondary N) is 1. The van der Waals surface area contributed by atoms with E-state index in [1.54, 1.807) is 12.1 Å². The lowest BCUT2D eigenvalue weighted by Gasteiger charge is -1.99. The molecule has 0 atom stereocenters. The highest BCUT2D eigenvalue weighted by Gasteiger charge is 2.10. The summed E-state index contributed by atoms with van der Waals surface area (Å²) >= 11 is 0. The minimum absolute atomic E-state index is 0.157. The molecule has 0 amide bonds. The maximum atomic E-state index is 11.2. The quantitative estimate of drug-likeness (QED) is 0.808. The van der Waals surface area contributed by atoms with E-state index < -0.39 is 10.0 Å². The SMILES string of the molecule is CCc1c[nH]c2ccc(S(N)(=O)=O)cc12. The summed E-state index contributed by atoms with van der Waals surface area (Å²) < 4.78 is 22.3. The summed E-state index contributed by atoms with van der Waals surface area (Å²) in [5.41, 5.74) is 2.02. The molecule has 2 aromatic rings. The molecular weight excluding hydrogens is 212 g/mol. The number of rotatable bonds is 2. The maximum Gasteiger partial charge on any atom is 0.238 e. The Labute approximate surface area is 88.2 Å². The van der Waals surface area contributed by atoms with E-state index in [4.69, 9.17) is 5.14 Å². The Kier molecular flexibility index (Phi) is 2.28. The average molecular weight is 224 g/mol. The van der Waals surface area contributed by atoms with E-state index >= 15 is 0 Å². The molecule has 0 aliphatic carbocycles. The van der Waals surface area contributed by atoms with Crippen molar-refractivity contribution in [3.05, 3.63) is 30.0 Å². The number of hydrogen-bond donors (Lipinski definition) is 2. The largest absolute Gasteiger partial charge is 0.361 e. The van der Waals surface area contributed by atoms with Crippen molar-refractivity contribution in [2.75, 3.05) is 0 Å². The van der Waals surface area contributed by atoms with Gasteiger partial charge in [-0.1, -0.05) is 6.92 Å². The fourth-order valence-electron chi connectivity index (χ4n) is 1.63. The van der Waals surface area contributed by atoms with Gasteiger partial charge < -0.3 is 4.98 Å². The Balaban J connectivity index is 2.73. The standard InChI is InChI=1S/C10H12N2O2S/c1-2-7-6-12-10-4-3-8(5-9(7)10)15(11,13)14/h3-6,12H,2H2,1H3,(H2,11,13,14). The lowest BCUT2D eigenvalue weighted by atomic mass is 10.1. The second-order valence-corrected chi connectivity index (χ2v) is 4.98. The summed E-state index contributed by atoms with van der Waals surface area (Å²) in [6, 6.07) is 4.85. The molecule has 0 bridgehead atoms. The molecule has 1 heterocycles. The van der Waals surface area contributed by atoms with Gasteiger partial charge in [-0.2, -0.15) is 0 Å². The number of aromatic amines is 1. The summed E-state index contributed by atoms with van der Waals surface area (Å²) in [6.07, 6.45) is 2.74. The number of fused-ring (bicyclic) bond motifs is 1. The van der Waals surface area contributed by atoms with E-state index in [0.717, 1.165) is 22.9 Å². The predicted octanol–water partition coefficient (Wildman–Crippen LogP) is 1.38. The van der Waals surface area contributed by atoms with Gasteiger partial charge in [0.15, 0.2) is 0 Å². The minimum Gasteiger partial charge on any atom is -0.361 e. The number of benzene rings is 1. The zero-order valence-corrected chi connectivity index (χ0v) is 9.14. The Bertz CT molecular complexity index is 599. The van der Waals surface area contributed by atoms with Gasteiger partial charge in [-0.3, -0.25) is 0 Å². The second-order valence-electron chi connectivity index (χ2n) is 3.42. The van der Waals surface area contributed by atoms with Crippen LogP contribution in [0.3, 0.4) is 0 Å². The van der Waals surface area contributed by atoms with Crippen molar-refractivity contribution in [3.63, 3.8) is 0 Å². The van der Waals surface area contributed by atoms with Gasteiger partial charge in [0.25, 0.3) is 0 Å². The van der Waals surface area contributed by atoms with Crippen LogP contribution in [0.4, 0.5) is 0 Å². The summed E-state index contributed by atoms with van der Waals surface area (Å²) in [7, 11) is -3.61. The molecule has 15 heavy (non-hydrogen) atoms. The van der Waals surface area contributed by atoms with E-state index in [1.807, 2.05) is 13.1 Å². The van der Waals surface area contributed by atoms with Crippen molar-refractivity contribution in [1.82, 2.24) is 4.98 Å². The van der Waals surface area contributed by atoms with Gasteiger partial charge in [0.1, 0.15) is 0 Å². The highest BCUT2D eigenvalue weighted by atomic mass is 32.2. The van der Waals surface area contributed by atoms with E-state index in [2.05, 4.69) is 4.98 Å². The highest BCUT2D eigenvalue weighted by molar-refractivity contribution is 7.89. The van der Waals surface area contributed by atoms with Crippen LogP contribution in [0.25, 0.3) is 10.9 Å². The minimum atomic E-state index is -3.61. The average Bonchev–Trinajstić information content (AvgIpc) is 2.57. The third-order valence-electron chi connectivity index (χ3n) is 2.45. The topological polar surface area (TPSA) is 76.0 Å². The van der Waals surface area contributed by atoms with Crippen molar-refractivity contribution in [2.24, 2.45) is 5.14 Å². The Morgan fingerprint density at radius 2 is 2.13 bits per heavy atom. The van der Waals surface area contributed by atoms with Crippen LogP contribution in [-0.2, 0) is 16.4 Å². The third kappa shape index (κ3) is 1.75. The first-order chi connectivity index (χ1) is 7.02. The molecule has 1 aromatic heterocycles. The van der Waals surface area contributed by atoms with Crippen molar-refractivity contribution in [3.8, 4) is 0 Å². The number of hydrogen-bond acceptors (Lipinski definition) is 2. The van der Waals surface area contributed by atoms with Gasteiger partial charge >= 0.3 is 0 Å². The van der Waals surface area contributed by atoms with Crippen molar-refractivity contribution in [1.29, 1.82) is 0 Å². The number of nitrogens with two attached hydrogens (primary N) is 1. The Morgan fingerprint density at radius 3 is 2.73 bits per heavy atom. The fourth-order valence-corrected chi connectivity index (χ4v) is 2.17. The molecule has 0 unspecified atom stereocenters. The molecule has 0 spiro atoms. The van der Waals surface area contributed by atoms with Crippen LogP contribution < -0.4 is 5.14 Å². The molecule has 0 aliphatic heterocycles. The molecule has 2 rings (SSSR count). The van der Waals surface area contributed by atoms with E-state index in [0.29, 0.717) is 0 Å². The van der Waals surface area contributed by atoms with Gasteiger partial charge in [-0.05, 0) is 30.2 Å². The summed E-state index contributed by atoms with van der Waals surface area (Å²) in [5, 5.41) is 5.99. The summed E-state index contributed by atoms with van der Waals surface area (Å²) in [6.45, 7) is 2.02. The molecule has 0 radical (unpaired) electrons. The first kappa shape index (κ1) is 10.2. The first-order valence-corrected chi connectivity index (χ1v) is 6.20. The van der Waals surface area contributed by atoms with Crippen molar-refractivity contribution >= 4 is 20.9 Å². The molecule has 1 aromatic carbocycles. The van der Waals surface area contributed by atoms with E-state index in [1.165, 1.54) is 6.07 Å². The van der Waals surface area contributed by atoms with Gasteiger partial charge in [0.05, 0.1) is 4.90 Å². The van der Waals surface area contributed by atoms with Gasteiger partial charge in [-0.25, -0.2) is 13.6 Å². The smallest absolute Gasteiger partial charge is 0.238 e. The number of aryl methyl sites for hydroxylation is 1. The number of primary sulfonamides is 1. The summed E-state index contributed by atoms with van der Waals surface area (Å²) in [4.78, 5) is 3.24. The van der Waals surface area contributed by atoms with Crippen LogP contribution in [-0.4, -0.2) is 13.4 Å². The van der Waals surface area contributed by atoms with Crippen LogP contribution in [0, 0.1) is 0 Å². The monoisotopic (exact) mass is 224 g/mol. The second kappa shape index (κ2) is 3.36. The molecule has 0 aliphatic rings. The third-order valence-corrected chi connectivity index (χ3v) is 3.36. The van der Waals surface area contributed by atoms with Crippen LogP contribution in [0.2, 0.25) is 0 Å². The molecule has 0 saturated heterocycles. The number of aromatic nitrogens is 1. The first-order valence-electron chi connectivity index (χ1n) is 4.65. The number of sulfonamides is 1. The van der Waals surface area contributed by atoms with E-state index in [-0.39, 0.29) is 4.90 Å². The zero-order valence-electron chi connectivity index (χ0n) is 8.32. The molecule has 80 valence electrons. The van der Waals surface area contributed by atoms with Crippen LogP contribution >= 0.6 is 0 Å². The molecule has 0 fully saturated rings. The van der Waals surface area contributed by atoms with Crippen LogP contribution in [0.5, 0.6) is 0 Å². The van der Waals surface area contributed by atoms with E-state index in [9.17, 15) is 8.42 Å². The zero-order chi connectivity index (χ0) is 11.1. The molecule has 3 N–H and O–H groups in total. The normalized spacial score (nSPS) is 12.1. The number of H-pyrrole nitrogens is 1. The van der Waals surface area contributed by atoms with Gasteiger partial charge in [-0.15, -0.1) is 0 Å². The highest BCUT2D eigenvalue weighted by Crippen LogP contribution is 2.21. The Morgan fingerprint density at radius 1 is 1.40 bits per heavy atom. The van der Waals surface area contributed by atoms with Gasteiger partial charge in [0, 0.05) is 17.1 Å². The molecule has 0 saturated carbocycles. The lowest BCUT2D eigenvalue weighted by Crippen LogP contribution is -2.11. The molecular formula is C10H12N2O2S. The summed E-state index contributed by atoms with van der Waals surface area (Å²) in [5.74, 6) is 0. The molecule has 4 nitrogen and oxygen atoms in total. The van der Waals surface area contributed by atoms with Crippen LogP contribution in [0.15, 0.2) is 29.3 Å². The fraction of sp³-hybridized carbons (Fsp3) is 0.200. The van der Waals surface area contributed by atoms with Crippen LogP contribution in [0.1, 0.15) is 12.5 Å². The van der Waals surface area contributed by atoms with Gasteiger partial charge in [0.2, 0.25) is 10.0 Å². The van der Waals surface area contributed by atoms with Crippen molar-refractivity contribution in [2.45, 2.75) is 18.2 Å². The Hall–Kier alpha value is -1.33. The molecule has 5 heteroatoms. The maximum absolute atomic E-state index is 11.2. The van der Waals surface area contributed by atoms with Crippen molar-refractivity contribution < 1.29 is 8.42 Å². The predicted molar refractivity (Wildman–Crippen MR) is 59.0 cm³/mol. The lowest BCUT2D eigenvalue weighted by molar-refractivity contribution is 0.598.